The molecule has 2 aromatic rings. The maximum atomic E-state index is 13.2. The van der Waals surface area contributed by atoms with E-state index >= 15 is 0 Å². The predicted molar refractivity (Wildman–Crippen MR) is 75.9 cm³/mol. The fourth-order valence-electron chi connectivity index (χ4n) is 2.95. The predicted octanol–water partition coefficient (Wildman–Crippen LogP) is 2.15. The summed E-state index contributed by atoms with van der Waals surface area (Å²) in [6.45, 7) is 3.93. The summed E-state index contributed by atoms with van der Waals surface area (Å²) in [6.07, 6.45) is 3.86. The van der Waals surface area contributed by atoms with Gasteiger partial charge in [0.25, 0.3) is 0 Å². The van der Waals surface area contributed by atoms with Crippen molar-refractivity contribution in [3.63, 3.8) is 0 Å². The molecular formula is C15H20FN3O. The highest BCUT2D eigenvalue weighted by Gasteiger charge is 2.14. The summed E-state index contributed by atoms with van der Waals surface area (Å²) in [7, 11) is 0. The first-order valence-corrected chi connectivity index (χ1v) is 7.26. The van der Waals surface area contributed by atoms with E-state index < -0.39 is 0 Å². The maximum Gasteiger partial charge on any atom is 0.135 e. The number of benzene rings is 1. The number of piperidine rings is 1. The molecule has 1 fully saturated rings. The summed E-state index contributed by atoms with van der Waals surface area (Å²) >= 11 is 0. The second kappa shape index (κ2) is 5.89. The highest BCUT2D eigenvalue weighted by Crippen LogP contribution is 2.18. The molecule has 3 rings (SSSR count). The molecular weight excluding hydrogens is 257 g/mol. The van der Waals surface area contributed by atoms with Crippen molar-refractivity contribution < 1.29 is 9.50 Å². The van der Waals surface area contributed by atoms with Gasteiger partial charge in [0.2, 0.25) is 0 Å². The number of fused-ring (bicyclic) bond motifs is 1. The van der Waals surface area contributed by atoms with Gasteiger partial charge in [0.1, 0.15) is 18.2 Å². The zero-order valence-electron chi connectivity index (χ0n) is 11.6. The Hall–Kier alpha value is -1.46. The SMILES string of the molecule is OCc1nc2cc(F)ccc2n1CCN1CCCCC1. The second-order valence-corrected chi connectivity index (χ2v) is 5.37. The topological polar surface area (TPSA) is 41.3 Å². The maximum absolute atomic E-state index is 13.2. The van der Waals surface area contributed by atoms with E-state index in [2.05, 4.69) is 9.88 Å². The van der Waals surface area contributed by atoms with E-state index in [-0.39, 0.29) is 12.4 Å². The minimum absolute atomic E-state index is 0.115. The van der Waals surface area contributed by atoms with Gasteiger partial charge in [0.05, 0.1) is 11.0 Å². The summed E-state index contributed by atoms with van der Waals surface area (Å²) in [5.41, 5.74) is 1.51. The van der Waals surface area contributed by atoms with E-state index in [1.165, 1.54) is 31.4 Å². The van der Waals surface area contributed by atoms with Crippen LogP contribution < -0.4 is 0 Å². The molecule has 20 heavy (non-hydrogen) atoms. The van der Waals surface area contributed by atoms with Crippen molar-refractivity contribution in [2.45, 2.75) is 32.4 Å². The number of nitrogens with zero attached hydrogens (tertiary/aromatic N) is 3. The fraction of sp³-hybridized carbons (Fsp3) is 0.533. The van der Waals surface area contributed by atoms with E-state index in [9.17, 15) is 9.50 Å². The van der Waals surface area contributed by atoms with Gasteiger partial charge in [-0.15, -0.1) is 0 Å². The van der Waals surface area contributed by atoms with Crippen molar-refractivity contribution in [1.29, 1.82) is 0 Å². The average Bonchev–Trinajstić information content (AvgIpc) is 2.83. The standard InChI is InChI=1S/C15H20FN3O/c16-12-4-5-14-13(10-12)17-15(11-20)19(14)9-8-18-6-2-1-3-7-18/h4-5,10,20H,1-3,6-9,11H2. The Morgan fingerprint density at radius 2 is 1.95 bits per heavy atom. The Labute approximate surface area is 117 Å². The lowest BCUT2D eigenvalue weighted by Gasteiger charge is -2.26. The number of rotatable bonds is 4. The number of imidazole rings is 1. The lowest BCUT2D eigenvalue weighted by molar-refractivity contribution is 0.216. The van der Waals surface area contributed by atoms with Gasteiger partial charge in [-0.05, 0) is 38.1 Å². The molecule has 2 heterocycles. The van der Waals surface area contributed by atoms with Gasteiger partial charge >= 0.3 is 0 Å². The number of likely N-dealkylation sites (tertiary alicyclic amines) is 1. The monoisotopic (exact) mass is 277 g/mol. The van der Waals surface area contributed by atoms with Crippen LogP contribution in [0.2, 0.25) is 0 Å². The summed E-state index contributed by atoms with van der Waals surface area (Å²) in [4.78, 5) is 6.75. The molecule has 1 aromatic heterocycles. The van der Waals surface area contributed by atoms with E-state index in [1.54, 1.807) is 6.07 Å². The van der Waals surface area contributed by atoms with Gasteiger partial charge in [-0.25, -0.2) is 9.37 Å². The van der Waals surface area contributed by atoms with Crippen LogP contribution in [-0.2, 0) is 13.2 Å². The van der Waals surface area contributed by atoms with Crippen molar-refractivity contribution in [2.24, 2.45) is 0 Å². The van der Waals surface area contributed by atoms with Gasteiger partial charge in [0, 0.05) is 19.2 Å². The Morgan fingerprint density at radius 1 is 1.15 bits per heavy atom. The quantitative estimate of drug-likeness (QED) is 0.931. The molecule has 0 unspecified atom stereocenters. The minimum atomic E-state index is -0.289. The van der Waals surface area contributed by atoms with Crippen LogP contribution in [0.5, 0.6) is 0 Å². The van der Waals surface area contributed by atoms with Crippen molar-refractivity contribution in [3.05, 3.63) is 29.8 Å². The first-order valence-electron chi connectivity index (χ1n) is 7.26. The van der Waals surface area contributed by atoms with E-state index in [0.29, 0.717) is 11.3 Å². The first kappa shape index (κ1) is 13.5. The number of hydrogen-bond donors (Lipinski definition) is 1. The number of aromatic nitrogens is 2. The fourth-order valence-corrected chi connectivity index (χ4v) is 2.95. The van der Waals surface area contributed by atoms with Crippen molar-refractivity contribution in [1.82, 2.24) is 14.5 Å². The van der Waals surface area contributed by atoms with E-state index in [4.69, 9.17) is 0 Å². The van der Waals surface area contributed by atoms with Crippen LogP contribution in [0, 0.1) is 5.82 Å². The Kier molecular flexibility index (Phi) is 3.98. The Bertz CT molecular complexity index is 590. The molecule has 0 amide bonds. The lowest BCUT2D eigenvalue weighted by Crippen LogP contribution is -2.32. The van der Waals surface area contributed by atoms with Crippen molar-refractivity contribution in [2.75, 3.05) is 19.6 Å². The molecule has 0 bridgehead atoms. The van der Waals surface area contributed by atoms with Crippen LogP contribution >= 0.6 is 0 Å². The third kappa shape index (κ3) is 2.69. The van der Waals surface area contributed by atoms with Crippen LogP contribution in [0.1, 0.15) is 25.1 Å². The summed E-state index contributed by atoms with van der Waals surface area (Å²) in [5.74, 6) is 0.324. The first-order chi connectivity index (χ1) is 9.78. The van der Waals surface area contributed by atoms with Crippen LogP contribution in [-0.4, -0.2) is 39.2 Å². The molecule has 0 aliphatic carbocycles. The lowest BCUT2D eigenvalue weighted by atomic mass is 10.1. The molecule has 4 nitrogen and oxygen atoms in total. The molecule has 0 saturated carbocycles. The summed E-state index contributed by atoms with van der Waals surface area (Å²) < 4.78 is 15.2. The van der Waals surface area contributed by atoms with Crippen molar-refractivity contribution >= 4 is 11.0 Å². The van der Waals surface area contributed by atoms with Crippen LogP contribution in [0.4, 0.5) is 4.39 Å². The normalized spacial score (nSPS) is 16.9. The summed E-state index contributed by atoms with van der Waals surface area (Å²) in [6, 6.07) is 4.61. The average molecular weight is 277 g/mol. The highest BCUT2D eigenvalue weighted by atomic mass is 19.1. The number of aliphatic hydroxyl groups excluding tert-OH is 1. The molecule has 1 aliphatic rings. The van der Waals surface area contributed by atoms with Gasteiger partial charge in [-0.3, -0.25) is 0 Å². The molecule has 1 aromatic carbocycles. The van der Waals surface area contributed by atoms with Crippen molar-refractivity contribution in [3.8, 4) is 0 Å². The van der Waals surface area contributed by atoms with E-state index in [1.807, 2.05) is 4.57 Å². The minimum Gasteiger partial charge on any atom is -0.388 e. The molecule has 0 atom stereocenters. The van der Waals surface area contributed by atoms with E-state index in [0.717, 1.165) is 31.7 Å². The highest BCUT2D eigenvalue weighted by molar-refractivity contribution is 5.76. The zero-order valence-corrected chi connectivity index (χ0v) is 11.6. The largest absolute Gasteiger partial charge is 0.388 e. The van der Waals surface area contributed by atoms with Gasteiger partial charge in [-0.1, -0.05) is 6.42 Å². The second-order valence-electron chi connectivity index (χ2n) is 5.37. The molecule has 1 saturated heterocycles. The molecule has 0 spiro atoms. The molecule has 1 aliphatic heterocycles. The smallest absolute Gasteiger partial charge is 0.135 e. The van der Waals surface area contributed by atoms with Gasteiger partial charge in [0.15, 0.2) is 0 Å². The van der Waals surface area contributed by atoms with Gasteiger partial charge < -0.3 is 14.6 Å². The number of hydrogen-bond acceptors (Lipinski definition) is 3. The third-order valence-electron chi connectivity index (χ3n) is 4.02. The molecule has 5 heteroatoms. The molecule has 1 N–H and O–H groups in total. The molecule has 0 radical (unpaired) electrons. The summed E-state index contributed by atoms with van der Waals surface area (Å²) in [5, 5.41) is 9.44. The zero-order chi connectivity index (χ0) is 13.9. The number of aliphatic hydroxyl groups is 1. The Balaban J connectivity index is 1.81. The van der Waals surface area contributed by atoms with Crippen LogP contribution in [0.25, 0.3) is 11.0 Å². The number of halogens is 1. The van der Waals surface area contributed by atoms with Crippen LogP contribution in [0.15, 0.2) is 18.2 Å². The molecule has 108 valence electrons. The van der Waals surface area contributed by atoms with Crippen LogP contribution in [0.3, 0.4) is 0 Å². The Morgan fingerprint density at radius 3 is 2.70 bits per heavy atom. The van der Waals surface area contributed by atoms with Gasteiger partial charge in [-0.2, -0.15) is 0 Å². The third-order valence-corrected chi connectivity index (χ3v) is 4.02.